The fourth-order valence-corrected chi connectivity index (χ4v) is 8.83. The highest BCUT2D eigenvalue weighted by Gasteiger charge is 2.29. The Kier molecular flexibility index (Phi) is 14.1. The fourth-order valence-electron chi connectivity index (χ4n) is 8.83. The maximum absolute atomic E-state index is 12.7. The molecule has 1 aliphatic rings. The van der Waals surface area contributed by atoms with Gasteiger partial charge in [0.25, 0.3) is 0 Å². The van der Waals surface area contributed by atoms with Gasteiger partial charge in [-0.15, -0.1) is 0 Å². The second-order valence-electron chi connectivity index (χ2n) is 22.7. The molecule has 0 aromatic heterocycles. The maximum Gasteiger partial charge on any atom is 0.142 e. The van der Waals surface area contributed by atoms with E-state index < -0.39 is 0 Å². The van der Waals surface area contributed by atoms with Gasteiger partial charge in [-0.25, -0.2) is 0 Å². The number of benzene rings is 6. The first-order chi connectivity index (χ1) is 31.9. The van der Waals surface area contributed by atoms with Crippen molar-refractivity contribution in [3.05, 3.63) is 164 Å². The Balaban J connectivity index is 1.46. The first-order valence-corrected chi connectivity index (χ1v) is 24.1. The van der Waals surface area contributed by atoms with E-state index in [1.807, 2.05) is 48.5 Å². The molecule has 6 N–H and O–H groups in total. The zero-order chi connectivity index (χ0) is 49.3. The lowest BCUT2D eigenvalue weighted by molar-refractivity contribution is 0.215. The summed E-state index contributed by atoms with van der Waals surface area (Å²) in [7, 11) is 0. The Morgan fingerprint density at radius 2 is 0.603 bits per heavy atom. The van der Waals surface area contributed by atoms with E-state index in [9.17, 15) is 10.2 Å². The standard InChI is InChI=1S/C60H74N2O6/c1-57(2,3)45-29-37-25-41-33-47(59(7,8)9)35-43(55(41)67-23-21-65-51-19-15-13-17-49(51)61)27-39-31-46(58(4,5)6)32-40(54(39)64)28-44-36-48(60(10,11)12)34-42(26-38(30-45)53(37)63)56(44)68-24-22-66-52-20-16-14-18-50(52)62/h13-20,29-36,63-64H,21-28,61-62H2,1-12H3. The predicted octanol–water partition coefficient (Wildman–Crippen LogP) is 13.0. The highest BCUT2D eigenvalue weighted by molar-refractivity contribution is 5.60. The summed E-state index contributed by atoms with van der Waals surface area (Å²) in [5.74, 6) is 3.13. The number of phenolic OH excluding ortho intramolecular Hbond substituents is 2. The highest BCUT2D eigenvalue weighted by Crippen LogP contribution is 2.44. The summed E-state index contributed by atoms with van der Waals surface area (Å²) in [4.78, 5) is 0. The molecule has 0 amide bonds. The smallest absolute Gasteiger partial charge is 0.142 e. The number of anilines is 2. The lowest BCUT2D eigenvalue weighted by atomic mass is 9.79. The van der Waals surface area contributed by atoms with Crippen LogP contribution in [0.1, 0.15) is 150 Å². The van der Waals surface area contributed by atoms with Crippen LogP contribution in [-0.4, -0.2) is 36.6 Å². The molecule has 7 rings (SSSR count). The predicted molar refractivity (Wildman–Crippen MR) is 279 cm³/mol. The average Bonchev–Trinajstić information content (AvgIpc) is 3.24. The highest BCUT2D eigenvalue weighted by atomic mass is 16.5. The van der Waals surface area contributed by atoms with Crippen molar-refractivity contribution in [1.82, 2.24) is 0 Å². The number of phenols is 2. The van der Waals surface area contributed by atoms with E-state index >= 15 is 0 Å². The second kappa shape index (κ2) is 19.4. The van der Waals surface area contributed by atoms with E-state index in [4.69, 9.17) is 30.4 Å². The van der Waals surface area contributed by atoms with Crippen LogP contribution < -0.4 is 30.4 Å². The van der Waals surface area contributed by atoms with Crippen LogP contribution in [0.25, 0.3) is 0 Å². The number of aromatic hydroxyl groups is 2. The monoisotopic (exact) mass is 919 g/mol. The molecule has 8 bridgehead atoms. The molecule has 0 saturated heterocycles. The molecule has 1 aliphatic carbocycles. The van der Waals surface area contributed by atoms with Gasteiger partial charge in [0, 0.05) is 25.7 Å². The van der Waals surface area contributed by atoms with Crippen molar-refractivity contribution in [2.75, 3.05) is 37.9 Å². The minimum Gasteiger partial charge on any atom is -0.507 e. The van der Waals surface area contributed by atoms with Gasteiger partial charge >= 0.3 is 0 Å². The first kappa shape index (κ1) is 49.6. The topological polar surface area (TPSA) is 129 Å². The molecule has 0 fully saturated rings. The van der Waals surface area contributed by atoms with E-state index in [2.05, 4.69) is 132 Å². The summed E-state index contributed by atoms with van der Waals surface area (Å²) in [5, 5.41) is 25.3. The molecule has 8 nitrogen and oxygen atoms in total. The van der Waals surface area contributed by atoms with Crippen molar-refractivity contribution < 1.29 is 29.2 Å². The molecule has 0 atom stereocenters. The lowest BCUT2D eigenvalue weighted by Gasteiger charge is -2.28. The molecular weight excluding hydrogens is 845 g/mol. The van der Waals surface area contributed by atoms with Gasteiger partial charge in [0.1, 0.15) is 60.9 Å². The van der Waals surface area contributed by atoms with Crippen molar-refractivity contribution in [1.29, 1.82) is 0 Å². The van der Waals surface area contributed by atoms with Crippen LogP contribution in [0, 0.1) is 0 Å². The normalized spacial score (nSPS) is 13.2. The van der Waals surface area contributed by atoms with Crippen LogP contribution in [0.15, 0.2) is 97.1 Å². The van der Waals surface area contributed by atoms with E-state index in [1.54, 1.807) is 0 Å². The number of nitrogens with two attached hydrogens (primary N) is 2. The van der Waals surface area contributed by atoms with Gasteiger partial charge in [0.05, 0.1) is 11.4 Å². The van der Waals surface area contributed by atoms with Gasteiger partial charge in [-0.3, -0.25) is 0 Å². The van der Waals surface area contributed by atoms with Gasteiger partial charge in [0.15, 0.2) is 0 Å². The SMILES string of the molecule is CC(C)(C)c1cc2c(O)c(c1)Cc1cc(C(C)(C)C)cc(c1OCCOc1ccccc1N)Cc1cc(C(C)(C)C)cc(c1O)Cc1cc(C(C)(C)C)cc(c1OCCOc1ccccc1N)C2. The minimum atomic E-state index is -0.230. The van der Waals surface area contributed by atoms with Crippen LogP contribution in [0.5, 0.6) is 34.5 Å². The molecule has 68 heavy (non-hydrogen) atoms. The van der Waals surface area contributed by atoms with E-state index in [-0.39, 0.29) is 59.6 Å². The second-order valence-corrected chi connectivity index (χ2v) is 22.7. The van der Waals surface area contributed by atoms with Gasteiger partial charge in [-0.1, -0.05) is 156 Å². The summed E-state index contributed by atoms with van der Waals surface area (Å²) >= 11 is 0. The molecule has 0 aliphatic heterocycles. The molecule has 360 valence electrons. The largest absolute Gasteiger partial charge is 0.507 e. The number of fused-ring (bicyclic) bond motifs is 8. The van der Waals surface area contributed by atoms with Gasteiger partial charge < -0.3 is 40.6 Å². The quantitative estimate of drug-likeness (QED) is 0.0788. The summed E-state index contributed by atoms with van der Waals surface area (Å²) in [6, 6.07) is 32.5. The third-order valence-corrected chi connectivity index (χ3v) is 13.0. The van der Waals surface area contributed by atoms with Crippen molar-refractivity contribution in [2.45, 2.75) is 130 Å². The zero-order valence-corrected chi connectivity index (χ0v) is 42.6. The molecule has 0 saturated carbocycles. The van der Waals surface area contributed by atoms with Crippen LogP contribution in [-0.2, 0) is 47.3 Å². The number of rotatable bonds is 10. The van der Waals surface area contributed by atoms with Gasteiger partial charge in [-0.2, -0.15) is 0 Å². The van der Waals surface area contributed by atoms with Crippen LogP contribution in [0.3, 0.4) is 0 Å². The number of para-hydroxylation sites is 4. The average molecular weight is 919 g/mol. The van der Waals surface area contributed by atoms with Crippen molar-refractivity contribution in [3.63, 3.8) is 0 Å². The Hall–Kier alpha value is -6.28. The molecule has 8 heteroatoms. The van der Waals surface area contributed by atoms with Crippen LogP contribution in [0.2, 0.25) is 0 Å². The first-order valence-electron chi connectivity index (χ1n) is 24.1. The molecule has 6 aromatic carbocycles. The van der Waals surface area contributed by atoms with E-state index in [0.29, 0.717) is 60.1 Å². The Morgan fingerprint density at radius 3 is 0.853 bits per heavy atom. The number of ether oxygens (including phenoxy) is 4. The van der Waals surface area contributed by atoms with E-state index in [0.717, 1.165) is 66.8 Å². The fraction of sp³-hybridized carbons (Fsp3) is 0.400. The number of nitrogen functional groups attached to an aromatic ring is 2. The summed E-state index contributed by atoms with van der Waals surface area (Å²) in [6.07, 6.45) is 1.60. The van der Waals surface area contributed by atoms with Crippen molar-refractivity contribution in [3.8, 4) is 34.5 Å². The Morgan fingerprint density at radius 1 is 0.368 bits per heavy atom. The molecular formula is C60H74N2O6. The lowest BCUT2D eigenvalue weighted by Crippen LogP contribution is -2.18. The molecule has 0 spiro atoms. The third kappa shape index (κ3) is 11.5. The molecule has 0 unspecified atom stereocenters. The van der Waals surface area contributed by atoms with Crippen molar-refractivity contribution >= 4 is 11.4 Å². The minimum absolute atomic E-state index is 0.222. The maximum atomic E-state index is 12.7. The summed E-state index contributed by atoms with van der Waals surface area (Å²) in [5.41, 5.74) is 24.2. The van der Waals surface area contributed by atoms with E-state index in [1.165, 1.54) is 0 Å². The van der Waals surface area contributed by atoms with Gasteiger partial charge in [-0.05, 0) is 113 Å². The Bertz CT molecular complexity index is 2490. The summed E-state index contributed by atoms with van der Waals surface area (Å²) < 4.78 is 26.0. The molecule has 0 heterocycles. The van der Waals surface area contributed by atoms with Crippen LogP contribution in [0.4, 0.5) is 11.4 Å². The number of hydrogen-bond acceptors (Lipinski definition) is 8. The number of hydrogen-bond donors (Lipinski definition) is 4. The summed E-state index contributed by atoms with van der Waals surface area (Å²) in [6.45, 7) is 27.6. The Labute approximate surface area is 405 Å². The zero-order valence-electron chi connectivity index (χ0n) is 42.6. The van der Waals surface area contributed by atoms with Gasteiger partial charge in [0.2, 0.25) is 0 Å². The molecule has 6 aromatic rings. The third-order valence-electron chi connectivity index (χ3n) is 13.0. The van der Waals surface area contributed by atoms with Crippen LogP contribution >= 0.6 is 0 Å². The van der Waals surface area contributed by atoms with Crippen molar-refractivity contribution in [2.24, 2.45) is 0 Å². The molecule has 0 radical (unpaired) electrons.